The van der Waals surface area contributed by atoms with Crippen LogP contribution in [0.15, 0.2) is 30.9 Å². The number of rotatable bonds is 2. The third kappa shape index (κ3) is 1.96. The summed E-state index contributed by atoms with van der Waals surface area (Å²) < 4.78 is 17.2. The first-order chi connectivity index (χ1) is 11.7. The summed E-state index contributed by atoms with van der Waals surface area (Å²) in [6.45, 7) is 0.346. The first kappa shape index (κ1) is 13.4. The van der Waals surface area contributed by atoms with Crippen molar-refractivity contribution in [3.8, 4) is 17.1 Å². The van der Waals surface area contributed by atoms with E-state index in [0.717, 1.165) is 18.5 Å². The summed E-state index contributed by atoms with van der Waals surface area (Å²) in [5.41, 5.74) is 2.44. The van der Waals surface area contributed by atoms with Crippen molar-refractivity contribution in [2.75, 3.05) is 0 Å². The molecule has 1 saturated carbocycles. The van der Waals surface area contributed by atoms with Crippen molar-refractivity contribution in [2.24, 2.45) is 0 Å². The SMILES string of the molecule is O=C(NC1CC1)c1ncn2c1Cn1ncnc1-c1cc(F)ccc1-2. The third-order valence-corrected chi connectivity index (χ3v) is 4.37. The van der Waals surface area contributed by atoms with Gasteiger partial charge in [-0.2, -0.15) is 5.10 Å². The average Bonchev–Trinajstić information content (AvgIpc) is 3.13. The van der Waals surface area contributed by atoms with E-state index in [-0.39, 0.29) is 17.8 Å². The second kappa shape index (κ2) is 4.73. The van der Waals surface area contributed by atoms with Gasteiger partial charge in [-0.1, -0.05) is 0 Å². The first-order valence-electron chi connectivity index (χ1n) is 7.76. The highest BCUT2D eigenvalue weighted by molar-refractivity contribution is 5.94. The van der Waals surface area contributed by atoms with Gasteiger partial charge in [-0.15, -0.1) is 0 Å². The highest BCUT2D eigenvalue weighted by Crippen LogP contribution is 2.31. The topological polar surface area (TPSA) is 77.6 Å². The molecule has 5 rings (SSSR count). The van der Waals surface area contributed by atoms with Gasteiger partial charge in [-0.3, -0.25) is 9.36 Å². The fourth-order valence-electron chi connectivity index (χ4n) is 3.03. The van der Waals surface area contributed by atoms with Crippen molar-refractivity contribution in [2.45, 2.75) is 25.4 Å². The lowest BCUT2D eigenvalue weighted by molar-refractivity contribution is 0.0945. The summed E-state index contributed by atoms with van der Waals surface area (Å²) >= 11 is 0. The minimum atomic E-state index is -0.349. The molecular weight excluding hydrogens is 311 g/mol. The van der Waals surface area contributed by atoms with E-state index in [4.69, 9.17) is 0 Å². The van der Waals surface area contributed by atoms with Crippen molar-refractivity contribution in [3.63, 3.8) is 0 Å². The molecule has 0 saturated heterocycles. The second-order valence-electron chi connectivity index (χ2n) is 6.06. The standard InChI is InChI=1S/C16H13FN6O/c17-9-1-4-12-11(5-9)15-18-7-20-23(15)6-13-14(19-8-22(12)13)16(24)21-10-2-3-10/h1,4-5,7-8,10H,2-3,6H2,(H,21,24). The number of halogens is 1. The molecule has 3 aromatic rings. The Labute approximate surface area is 136 Å². The molecular formula is C16H13FN6O. The molecule has 1 aliphatic heterocycles. The molecule has 120 valence electrons. The van der Waals surface area contributed by atoms with Gasteiger partial charge >= 0.3 is 0 Å². The summed E-state index contributed by atoms with van der Waals surface area (Å²) in [6.07, 6.45) is 5.05. The van der Waals surface area contributed by atoms with Crippen molar-refractivity contribution < 1.29 is 9.18 Å². The molecule has 0 bridgehead atoms. The number of nitrogens with zero attached hydrogens (tertiary/aromatic N) is 5. The maximum absolute atomic E-state index is 13.7. The van der Waals surface area contributed by atoms with Gasteiger partial charge < -0.3 is 5.32 Å². The maximum Gasteiger partial charge on any atom is 0.272 e. The van der Waals surface area contributed by atoms with Crippen LogP contribution in [0.3, 0.4) is 0 Å². The van der Waals surface area contributed by atoms with Gasteiger partial charge in [0.05, 0.1) is 17.9 Å². The number of imidazole rings is 1. The number of nitrogens with one attached hydrogen (secondary N) is 1. The second-order valence-corrected chi connectivity index (χ2v) is 6.06. The van der Waals surface area contributed by atoms with Gasteiger partial charge in [-0.05, 0) is 31.0 Å². The molecule has 3 heterocycles. The van der Waals surface area contributed by atoms with E-state index < -0.39 is 0 Å². The van der Waals surface area contributed by atoms with Crippen LogP contribution in [0.2, 0.25) is 0 Å². The number of carbonyl (C=O) groups excluding carboxylic acids is 1. The van der Waals surface area contributed by atoms with Gasteiger partial charge in [0.2, 0.25) is 0 Å². The first-order valence-corrected chi connectivity index (χ1v) is 7.76. The quantitative estimate of drug-likeness (QED) is 0.606. The maximum atomic E-state index is 13.7. The lowest BCUT2D eigenvalue weighted by Gasteiger charge is -2.08. The van der Waals surface area contributed by atoms with E-state index in [1.54, 1.807) is 17.1 Å². The van der Waals surface area contributed by atoms with E-state index in [2.05, 4.69) is 20.4 Å². The summed E-state index contributed by atoms with van der Waals surface area (Å²) in [5.74, 6) is 0.0405. The zero-order valence-electron chi connectivity index (χ0n) is 12.6. The molecule has 24 heavy (non-hydrogen) atoms. The van der Waals surface area contributed by atoms with Crippen LogP contribution in [-0.4, -0.2) is 36.3 Å². The van der Waals surface area contributed by atoms with E-state index >= 15 is 0 Å². The number of hydrogen-bond acceptors (Lipinski definition) is 4. The van der Waals surface area contributed by atoms with E-state index in [1.807, 2.05) is 4.57 Å². The van der Waals surface area contributed by atoms with Crippen LogP contribution in [0.1, 0.15) is 29.0 Å². The van der Waals surface area contributed by atoms with Crippen LogP contribution in [0.5, 0.6) is 0 Å². The molecule has 8 heteroatoms. The summed E-state index contributed by atoms with van der Waals surface area (Å²) in [4.78, 5) is 21.0. The Balaban J connectivity index is 1.70. The Kier molecular flexibility index (Phi) is 2.64. The van der Waals surface area contributed by atoms with Crippen molar-refractivity contribution >= 4 is 5.91 Å². The Morgan fingerprint density at radius 3 is 3.00 bits per heavy atom. The Bertz CT molecular complexity index is 971. The minimum absolute atomic E-state index is 0.182. The number of fused-ring (bicyclic) bond motifs is 5. The minimum Gasteiger partial charge on any atom is -0.348 e. The predicted molar refractivity (Wildman–Crippen MR) is 82.1 cm³/mol. The van der Waals surface area contributed by atoms with E-state index in [1.165, 1.54) is 18.5 Å². The smallest absolute Gasteiger partial charge is 0.272 e. The van der Waals surface area contributed by atoms with Crippen molar-refractivity contribution in [1.29, 1.82) is 0 Å². The third-order valence-electron chi connectivity index (χ3n) is 4.37. The molecule has 1 fully saturated rings. The van der Waals surface area contributed by atoms with Gasteiger partial charge in [0.25, 0.3) is 5.91 Å². The normalized spacial score (nSPS) is 15.2. The summed E-state index contributed by atoms with van der Waals surface area (Å²) in [7, 11) is 0. The molecule has 0 radical (unpaired) electrons. The summed E-state index contributed by atoms with van der Waals surface area (Å²) in [6, 6.07) is 4.74. The lowest BCUT2D eigenvalue weighted by Crippen LogP contribution is -2.27. The predicted octanol–water partition coefficient (Wildman–Crippen LogP) is 1.52. The molecule has 0 atom stereocenters. The van der Waals surface area contributed by atoms with Crippen molar-refractivity contribution in [1.82, 2.24) is 29.6 Å². The zero-order chi connectivity index (χ0) is 16.3. The highest BCUT2D eigenvalue weighted by Gasteiger charge is 2.29. The molecule has 1 aliphatic carbocycles. The van der Waals surface area contributed by atoms with Crippen LogP contribution < -0.4 is 5.32 Å². The van der Waals surface area contributed by atoms with E-state index in [9.17, 15) is 9.18 Å². The van der Waals surface area contributed by atoms with Crippen LogP contribution in [0, 0.1) is 5.82 Å². The lowest BCUT2D eigenvalue weighted by atomic mass is 10.1. The van der Waals surface area contributed by atoms with Crippen LogP contribution >= 0.6 is 0 Å². The Morgan fingerprint density at radius 1 is 1.29 bits per heavy atom. The van der Waals surface area contributed by atoms with Crippen molar-refractivity contribution in [3.05, 3.63) is 48.1 Å². The summed E-state index contributed by atoms with van der Waals surface area (Å²) in [5, 5.41) is 7.17. The van der Waals surface area contributed by atoms with Crippen LogP contribution in [0.25, 0.3) is 17.1 Å². The molecule has 2 aromatic heterocycles. The number of benzene rings is 1. The molecule has 1 N–H and O–H groups in total. The van der Waals surface area contributed by atoms with Gasteiger partial charge in [0.15, 0.2) is 11.5 Å². The zero-order valence-corrected chi connectivity index (χ0v) is 12.6. The monoisotopic (exact) mass is 324 g/mol. The number of amides is 1. The molecule has 7 nitrogen and oxygen atoms in total. The van der Waals surface area contributed by atoms with Gasteiger partial charge in [0.1, 0.15) is 18.5 Å². The molecule has 2 aliphatic rings. The molecule has 0 spiro atoms. The number of carbonyl (C=O) groups is 1. The average molecular weight is 324 g/mol. The molecule has 1 aromatic carbocycles. The molecule has 0 unspecified atom stereocenters. The van der Waals surface area contributed by atoms with Gasteiger partial charge in [0, 0.05) is 11.6 Å². The van der Waals surface area contributed by atoms with E-state index in [0.29, 0.717) is 29.3 Å². The number of aromatic nitrogens is 5. The fraction of sp³-hybridized carbons (Fsp3) is 0.250. The highest BCUT2D eigenvalue weighted by atomic mass is 19.1. The Morgan fingerprint density at radius 2 is 2.17 bits per heavy atom. The molecule has 1 amide bonds. The number of hydrogen-bond donors (Lipinski definition) is 1. The van der Waals surface area contributed by atoms with Gasteiger partial charge in [-0.25, -0.2) is 19.0 Å². The fourth-order valence-corrected chi connectivity index (χ4v) is 3.03. The van der Waals surface area contributed by atoms with Crippen LogP contribution in [0.4, 0.5) is 4.39 Å². The largest absolute Gasteiger partial charge is 0.348 e. The Hall–Kier alpha value is -3.03. The van der Waals surface area contributed by atoms with Crippen LogP contribution in [-0.2, 0) is 6.54 Å².